The smallest absolute Gasteiger partial charge is 0.262 e. The van der Waals surface area contributed by atoms with E-state index in [-0.39, 0.29) is 24.1 Å². The zero-order valence-corrected chi connectivity index (χ0v) is 16.5. The Balaban J connectivity index is 2.09. The van der Waals surface area contributed by atoms with Crippen LogP contribution in [0.3, 0.4) is 0 Å². The Morgan fingerprint density at radius 2 is 2.10 bits per heavy atom. The van der Waals surface area contributed by atoms with Gasteiger partial charge in [0.15, 0.2) is 18.3 Å². The molecule has 29 heavy (non-hydrogen) atoms. The van der Waals surface area contributed by atoms with Crippen LogP contribution < -0.4 is 5.32 Å². The molecule has 1 aromatic rings. The highest BCUT2D eigenvalue weighted by Crippen LogP contribution is 2.32. The first kappa shape index (κ1) is 21.9. The molecule has 0 bridgehead atoms. The minimum atomic E-state index is -0.451. The lowest BCUT2D eigenvalue weighted by molar-refractivity contribution is -0.119. The quantitative estimate of drug-likeness (QED) is 0.196. The molecule has 0 spiro atoms. The summed E-state index contributed by atoms with van der Waals surface area (Å²) in [5.74, 6) is 1.26. The van der Waals surface area contributed by atoms with Crippen LogP contribution in [-0.2, 0) is 23.9 Å². The van der Waals surface area contributed by atoms with Crippen molar-refractivity contribution in [3.8, 4) is 0 Å². The first-order valence-electron chi connectivity index (χ1n) is 9.32. The monoisotopic (exact) mass is 396 g/mol. The average Bonchev–Trinajstić information content (AvgIpc) is 3.55. The van der Waals surface area contributed by atoms with E-state index in [9.17, 15) is 14.4 Å². The molecule has 0 heterocycles. The Hall–Kier alpha value is -3.44. The van der Waals surface area contributed by atoms with Crippen LogP contribution in [0.15, 0.2) is 42.2 Å². The maximum absolute atomic E-state index is 12.3. The van der Waals surface area contributed by atoms with Crippen LogP contribution in [-0.4, -0.2) is 37.1 Å². The zero-order valence-electron chi connectivity index (χ0n) is 16.5. The molecule has 2 rings (SSSR count). The average molecular weight is 396 g/mol. The van der Waals surface area contributed by atoms with Gasteiger partial charge in [0.25, 0.3) is 5.91 Å². The summed E-state index contributed by atoms with van der Waals surface area (Å²) in [5, 5.41) is 9.78. The van der Waals surface area contributed by atoms with Gasteiger partial charge in [-0.1, -0.05) is 12.1 Å². The number of benzene rings is 1. The molecule has 1 fully saturated rings. The van der Waals surface area contributed by atoms with Crippen molar-refractivity contribution in [2.75, 3.05) is 18.5 Å². The largest absolute Gasteiger partial charge is 0.491 e. The van der Waals surface area contributed by atoms with Gasteiger partial charge in [0.05, 0.1) is 29.7 Å². The number of rotatable bonds is 11. The third-order valence-electron chi connectivity index (χ3n) is 4.19. The predicted molar refractivity (Wildman–Crippen MR) is 110 cm³/mol. The number of ether oxygens (including phenoxy) is 2. The second-order valence-electron chi connectivity index (χ2n) is 6.46. The van der Waals surface area contributed by atoms with E-state index in [1.165, 1.54) is 18.4 Å². The van der Waals surface area contributed by atoms with Crippen LogP contribution in [0.25, 0.3) is 5.76 Å². The van der Waals surface area contributed by atoms with Crippen molar-refractivity contribution in [1.82, 2.24) is 0 Å². The van der Waals surface area contributed by atoms with Gasteiger partial charge < -0.3 is 20.2 Å². The van der Waals surface area contributed by atoms with E-state index in [0.717, 1.165) is 24.6 Å². The van der Waals surface area contributed by atoms with E-state index in [0.29, 0.717) is 23.4 Å². The summed E-state index contributed by atoms with van der Waals surface area (Å²) in [6, 6.07) is 5.21. The molecule has 0 radical (unpaired) electrons. The molecule has 2 N–H and O–H groups in total. The summed E-state index contributed by atoms with van der Waals surface area (Å²) in [4.78, 5) is 35.8. The third-order valence-corrected chi connectivity index (χ3v) is 4.19. The molecule has 7 nitrogen and oxygen atoms in total. The molecule has 1 aromatic carbocycles. The number of nitrogens with one attached hydrogen (secondary N) is 2. The van der Waals surface area contributed by atoms with E-state index in [1.54, 1.807) is 38.0 Å². The second kappa shape index (κ2) is 10.8. The highest BCUT2D eigenvalue weighted by Gasteiger charge is 2.31. The number of allylic oxidation sites excluding steroid dienone is 3. The van der Waals surface area contributed by atoms with Crippen LogP contribution in [0, 0.1) is 18.3 Å². The minimum Gasteiger partial charge on any atom is -0.491 e. The van der Waals surface area contributed by atoms with E-state index >= 15 is 0 Å². The number of para-hydroxylation sites is 1. The lowest BCUT2D eigenvalue weighted by Gasteiger charge is -2.14. The molecule has 0 saturated heterocycles. The van der Waals surface area contributed by atoms with Crippen molar-refractivity contribution in [3.63, 3.8) is 0 Å². The Morgan fingerprint density at radius 1 is 1.34 bits per heavy atom. The summed E-state index contributed by atoms with van der Waals surface area (Å²) in [7, 11) is 0. The SMILES string of the molecule is CCOC(=C=O)c1cccc(C)c1NC(=O)CO/C=C(\C=C/C=N)C(=O)C1CC1. The lowest BCUT2D eigenvalue weighted by Crippen LogP contribution is -2.19. The molecule has 1 saturated carbocycles. The van der Waals surface area contributed by atoms with E-state index in [1.807, 2.05) is 0 Å². The molecule has 1 aliphatic rings. The van der Waals surface area contributed by atoms with Crippen LogP contribution in [0.1, 0.15) is 30.9 Å². The van der Waals surface area contributed by atoms with Gasteiger partial charge in [0.2, 0.25) is 5.76 Å². The van der Waals surface area contributed by atoms with Crippen molar-refractivity contribution in [1.29, 1.82) is 5.41 Å². The van der Waals surface area contributed by atoms with Gasteiger partial charge >= 0.3 is 0 Å². The van der Waals surface area contributed by atoms with E-state index < -0.39 is 5.91 Å². The number of anilines is 1. The second-order valence-corrected chi connectivity index (χ2v) is 6.46. The van der Waals surface area contributed by atoms with E-state index in [4.69, 9.17) is 14.9 Å². The number of carbonyl (C=O) groups excluding carboxylic acids is 3. The Morgan fingerprint density at radius 3 is 2.72 bits per heavy atom. The summed E-state index contributed by atoms with van der Waals surface area (Å²) < 4.78 is 10.6. The standard InChI is InChI=1S/C22H24N2O5/c1-3-29-19(12-25)18-8-4-6-15(2)21(18)24-20(26)14-28-13-17(7-5-11-23)22(27)16-9-10-16/h4-8,11,13,16,23H,3,9-10,14H2,1-2H3,(H,24,26)/b7-5-,17-13+,23-11?. The van der Waals surface area contributed by atoms with Crippen LogP contribution in [0.2, 0.25) is 0 Å². The topological polar surface area (TPSA) is 106 Å². The van der Waals surface area contributed by atoms with Crippen molar-refractivity contribution in [2.45, 2.75) is 26.7 Å². The van der Waals surface area contributed by atoms with Crippen LogP contribution >= 0.6 is 0 Å². The normalized spacial score (nSPS) is 13.5. The molecule has 1 amide bonds. The predicted octanol–water partition coefficient (Wildman–Crippen LogP) is 3.23. The number of carbonyl (C=O) groups is 2. The number of amides is 1. The minimum absolute atomic E-state index is 0.00398. The zero-order chi connectivity index (χ0) is 21.2. The van der Waals surface area contributed by atoms with Gasteiger partial charge in [-0.3, -0.25) is 9.59 Å². The van der Waals surface area contributed by atoms with Crippen molar-refractivity contribution in [3.05, 3.63) is 53.3 Å². The molecule has 0 unspecified atom stereocenters. The van der Waals surface area contributed by atoms with Crippen molar-refractivity contribution >= 4 is 35.3 Å². The summed E-state index contributed by atoms with van der Waals surface area (Å²) in [6.45, 7) is 3.52. The summed E-state index contributed by atoms with van der Waals surface area (Å²) in [6.07, 6.45) is 6.92. The van der Waals surface area contributed by atoms with Gasteiger partial charge in [-0.05, 0) is 50.5 Å². The number of aryl methyl sites for hydroxylation is 1. The van der Waals surface area contributed by atoms with Crippen LogP contribution in [0.5, 0.6) is 0 Å². The molecule has 7 heteroatoms. The Labute approximate surface area is 169 Å². The molecular weight excluding hydrogens is 372 g/mol. The number of hydrogen-bond donors (Lipinski definition) is 2. The fourth-order valence-electron chi connectivity index (χ4n) is 2.62. The molecule has 0 aliphatic heterocycles. The van der Waals surface area contributed by atoms with Crippen molar-refractivity contribution < 1.29 is 23.9 Å². The molecule has 152 valence electrons. The third kappa shape index (κ3) is 6.30. The van der Waals surface area contributed by atoms with E-state index in [2.05, 4.69) is 5.32 Å². The Kier molecular flexibility index (Phi) is 8.12. The molecular formula is C22H24N2O5. The summed E-state index contributed by atoms with van der Waals surface area (Å²) in [5.41, 5.74) is 1.94. The number of Topliss-reactive ketones (excluding diaryl/α,β-unsaturated/α-hetero) is 1. The fourth-order valence-corrected chi connectivity index (χ4v) is 2.62. The van der Waals surface area contributed by atoms with Crippen molar-refractivity contribution in [2.24, 2.45) is 5.92 Å². The van der Waals surface area contributed by atoms with Gasteiger partial charge in [-0.15, -0.1) is 0 Å². The molecule has 0 aromatic heterocycles. The van der Waals surface area contributed by atoms with Gasteiger partial charge in [-0.2, -0.15) is 0 Å². The number of hydrogen-bond acceptors (Lipinski definition) is 6. The molecule has 0 atom stereocenters. The van der Waals surface area contributed by atoms with Gasteiger partial charge in [-0.25, -0.2) is 4.79 Å². The molecule has 1 aliphatic carbocycles. The fraction of sp³-hybridized carbons (Fsp3) is 0.318. The summed E-state index contributed by atoms with van der Waals surface area (Å²) >= 11 is 0. The van der Waals surface area contributed by atoms with Gasteiger partial charge in [0.1, 0.15) is 0 Å². The first-order valence-corrected chi connectivity index (χ1v) is 9.32. The highest BCUT2D eigenvalue weighted by molar-refractivity contribution is 6.01. The van der Waals surface area contributed by atoms with Crippen LogP contribution in [0.4, 0.5) is 5.69 Å². The maximum Gasteiger partial charge on any atom is 0.262 e. The van der Waals surface area contributed by atoms with Gasteiger partial charge in [0, 0.05) is 12.1 Å². The first-order chi connectivity index (χ1) is 14.0. The lowest BCUT2D eigenvalue weighted by atomic mass is 10.1. The maximum atomic E-state index is 12.3. The Bertz CT molecular complexity index is 890. The number of ketones is 1. The highest BCUT2D eigenvalue weighted by atomic mass is 16.5.